The van der Waals surface area contributed by atoms with Gasteiger partial charge < -0.3 is 5.11 Å². The van der Waals surface area contributed by atoms with Crippen LogP contribution in [0.15, 0.2) is 12.2 Å². The molecular formula is C12H18O. The lowest BCUT2D eigenvalue weighted by Gasteiger charge is -2.61. The highest BCUT2D eigenvalue weighted by molar-refractivity contribution is 5.29. The van der Waals surface area contributed by atoms with Crippen LogP contribution in [0, 0.1) is 10.8 Å². The summed E-state index contributed by atoms with van der Waals surface area (Å²) >= 11 is 0. The van der Waals surface area contributed by atoms with E-state index in [1.54, 1.807) is 0 Å². The molecule has 2 saturated carbocycles. The Bertz CT molecular complexity index is 258. The minimum absolute atomic E-state index is 0.0174. The third-order valence-corrected chi connectivity index (χ3v) is 4.73. The van der Waals surface area contributed by atoms with E-state index in [4.69, 9.17) is 0 Å². The molecule has 0 amide bonds. The van der Waals surface area contributed by atoms with Gasteiger partial charge in [0.05, 0.1) is 6.10 Å². The molecule has 2 fully saturated rings. The third-order valence-electron chi connectivity index (χ3n) is 4.73. The molecule has 0 spiro atoms. The van der Waals surface area contributed by atoms with E-state index in [9.17, 15) is 5.11 Å². The standard InChI is InChI=1S/C12H18O/c13-10-3-6-11-4-1-2-5-12(11,9-10)8-7-11/h7-8,10,13H,1-6,9H2/t10-,11-,12-/m1/s1. The fourth-order valence-electron chi connectivity index (χ4n) is 3.88. The van der Waals surface area contributed by atoms with Gasteiger partial charge in [-0.3, -0.25) is 0 Å². The molecule has 1 heteroatoms. The maximum absolute atomic E-state index is 9.73. The minimum Gasteiger partial charge on any atom is -0.393 e. The molecule has 13 heavy (non-hydrogen) atoms. The smallest absolute Gasteiger partial charge is 0.0549 e. The molecule has 3 aliphatic rings. The lowest BCUT2D eigenvalue weighted by Crippen LogP contribution is -2.53. The van der Waals surface area contributed by atoms with Gasteiger partial charge in [-0.2, -0.15) is 0 Å². The van der Waals surface area contributed by atoms with E-state index in [1.807, 2.05) is 0 Å². The molecule has 0 unspecified atom stereocenters. The summed E-state index contributed by atoms with van der Waals surface area (Å²) < 4.78 is 0. The van der Waals surface area contributed by atoms with Crippen molar-refractivity contribution in [3.8, 4) is 0 Å². The lowest BCUT2D eigenvalue weighted by atomic mass is 9.44. The normalized spacial score (nSPS) is 53.5. The summed E-state index contributed by atoms with van der Waals surface area (Å²) in [5.74, 6) is 0. The molecule has 0 aromatic heterocycles. The first-order valence-electron chi connectivity index (χ1n) is 5.65. The summed E-state index contributed by atoms with van der Waals surface area (Å²) in [5, 5.41) is 9.73. The quantitative estimate of drug-likeness (QED) is 0.565. The molecule has 0 saturated heterocycles. The minimum atomic E-state index is -0.0174. The Hall–Kier alpha value is -0.300. The van der Waals surface area contributed by atoms with E-state index in [2.05, 4.69) is 12.2 Å². The van der Waals surface area contributed by atoms with Gasteiger partial charge in [0.2, 0.25) is 0 Å². The van der Waals surface area contributed by atoms with Crippen LogP contribution in [-0.4, -0.2) is 11.2 Å². The van der Waals surface area contributed by atoms with Crippen molar-refractivity contribution < 1.29 is 5.11 Å². The van der Waals surface area contributed by atoms with Gasteiger partial charge in [-0.1, -0.05) is 25.0 Å². The number of allylic oxidation sites excluding steroid dienone is 2. The van der Waals surface area contributed by atoms with Crippen molar-refractivity contribution in [2.75, 3.05) is 0 Å². The zero-order chi connectivity index (χ0) is 8.94. The summed E-state index contributed by atoms with van der Waals surface area (Å²) in [4.78, 5) is 0. The summed E-state index contributed by atoms with van der Waals surface area (Å²) in [7, 11) is 0. The van der Waals surface area contributed by atoms with Crippen LogP contribution >= 0.6 is 0 Å². The van der Waals surface area contributed by atoms with Crippen LogP contribution < -0.4 is 0 Å². The molecule has 3 aliphatic carbocycles. The second-order valence-corrected chi connectivity index (χ2v) is 5.25. The topological polar surface area (TPSA) is 20.2 Å². The van der Waals surface area contributed by atoms with Crippen LogP contribution in [0.25, 0.3) is 0 Å². The third kappa shape index (κ3) is 0.864. The Balaban J connectivity index is 1.95. The molecule has 1 nitrogen and oxygen atoms in total. The summed E-state index contributed by atoms with van der Waals surface area (Å²) in [6.45, 7) is 0. The highest BCUT2D eigenvalue weighted by atomic mass is 16.3. The van der Waals surface area contributed by atoms with Crippen LogP contribution in [0.3, 0.4) is 0 Å². The first kappa shape index (κ1) is 8.05. The molecule has 1 N–H and O–H groups in total. The first-order valence-corrected chi connectivity index (χ1v) is 5.65. The highest BCUT2D eigenvalue weighted by Crippen LogP contribution is 2.65. The van der Waals surface area contributed by atoms with Gasteiger partial charge >= 0.3 is 0 Å². The van der Waals surface area contributed by atoms with Crippen LogP contribution in [0.4, 0.5) is 0 Å². The number of hydrogen-bond donors (Lipinski definition) is 1. The Morgan fingerprint density at radius 1 is 1.00 bits per heavy atom. The van der Waals surface area contributed by atoms with Gasteiger partial charge in [-0.05, 0) is 42.9 Å². The molecular weight excluding hydrogens is 160 g/mol. The van der Waals surface area contributed by atoms with Crippen molar-refractivity contribution in [3.63, 3.8) is 0 Å². The molecule has 0 radical (unpaired) electrons. The van der Waals surface area contributed by atoms with Crippen molar-refractivity contribution in [3.05, 3.63) is 12.2 Å². The fraction of sp³-hybridized carbons (Fsp3) is 0.833. The molecule has 3 rings (SSSR count). The predicted octanol–water partition coefficient (Wildman–Crippen LogP) is 2.65. The summed E-state index contributed by atoms with van der Waals surface area (Å²) in [6.07, 6.45) is 13.6. The number of aliphatic hydroxyl groups is 1. The second kappa shape index (κ2) is 2.38. The Morgan fingerprint density at radius 3 is 2.38 bits per heavy atom. The van der Waals surface area contributed by atoms with E-state index in [0.717, 1.165) is 12.8 Å². The number of aliphatic hydroxyl groups excluding tert-OH is 1. The van der Waals surface area contributed by atoms with Gasteiger partial charge in [0.1, 0.15) is 0 Å². The van der Waals surface area contributed by atoms with Crippen LogP contribution in [0.2, 0.25) is 0 Å². The fourth-order valence-corrected chi connectivity index (χ4v) is 3.88. The highest BCUT2D eigenvalue weighted by Gasteiger charge is 2.57. The van der Waals surface area contributed by atoms with E-state index in [-0.39, 0.29) is 6.10 Å². The average molecular weight is 178 g/mol. The van der Waals surface area contributed by atoms with Crippen LogP contribution in [-0.2, 0) is 0 Å². The van der Waals surface area contributed by atoms with E-state index in [1.165, 1.54) is 32.1 Å². The zero-order valence-electron chi connectivity index (χ0n) is 8.13. The molecule has 0 heterocycles. The van der Waals surface area contributed by atoms with Gasteiger partial charge in [-0.25, -0.2) is 0 Å². The summed E-state index contributed by atoms with van der Waals surface area (Å²) in [5.41, 5.74) is 0.966. The summed E-state index contributed by atoms with van der Waals surface area (Å²) in [6, 6.07) is 0. The molecule has 72 valence electrons. The van der Waals surface area contributed by atoms with Crippen molar-refractivity contribution in [2.45, 2.75) is 51.0 Å². The van der Waals surface area contributed by atoms with Crippen molar-refractivity contribution in [2.24, 2.45) is 10.8 Å². The monoisotopic (exact) mass is 178 g/mol. The molecule has 3 atom stereocenters. The maximum atomic E-state index is 9.73. The van der Waals surface area contributed by atoms with Crippen molar-refractivity contribution in [1.29, 1.82) is 0 Å². The zero-order valence-corrected chi connectivity index (χ0v) is 8.13. The van der Waals surface area contributed by atoms with Gasteiger partial charge in [0.15, 0.2) is 0 Å². The van der Waals surface area contributed by atoms with Crippen molar-refractivity contribution >= 4 is 0 Å². The van der Waals surface area contributed by atoms with Gasteiger partial charge in [0, 0.05) is 0 Å². The molecule has 0 bridgehead atoms. The second-order valence-electron chi connectivity index (χ2n) is 5.25. The van der Waals surface area contributed by atoms with E-state index < -0.39 is 0 Å². The van der Waals surface area contributed by atoms with Crippen LogP contribution in [0.5, 0.6) is 0 Å². The maximum Gasteiger partial charge on any atom is 0.0549 e. The van der Waals surface area contributed by atoms with Crippen LogP contribution in [0.1, 0.15) is 44.9 Å². The van der Waals surface area contributed by atoms with E-state index >= 15 is 0 Å². The number of hydrogen-bond acceptors (Lipinski definition) is 1. The molecule has 0 aromatic carbocycles. The number of rotatable bonds is 0. The largest absolute Gasteiger partial charge is 0.393 e. The van der Waals surface area contributed by atoms with Gasteiger partial charge in [-0.15, -0.1) is 0 Å². The molecule has 0 aliphatic heterocycles. The SMILES string of the molecule is O[C@@H]1CC[C@]23C=C[C@]2(CCCC3)C1. The lowest BCUT2D eigenvalue weighted by molar-refractivity contribution is -0.0594. The van der Waals surface area contributed by atoms with Crippen molar-refractivity contribution in [1.82, 2.24) is 0 Å². The molecule has 0 aromatic rings. The Kier molecular flexibility index (Phi) is 1.48. The Morgan fingerprint density at radius 2 is 1.69 bits per heavy atom. The van der Waals surface area contributed by atoms with E-state index in [0.29, 0.717) is 10.8 Å². The Labute approximate surface area is 79.8 Å². The first-order chi connectivity index (χ1) is 6.27. The average Bonchev–Trinajstić information content (AvgIpc) is 2.11. The predicted molar refractivity (Wildman–Crippen MR) is 52.3 cm³/mol. The van der Waals surface area contributed by atoms with Gasteiger partial charge in [0.25, 0.3) is 0 Å².